The van der Waals surface area contributed by atoms with Crippen molar-refractivity contribution in [3.05, 3.63) is 23.2 Å². The van der Waals surface area contributed by atoms with Gasteiger partial charge in [0.1, 0.15) is 5.75 Å². The Kier molecular flexibility index (Phi) is 3.21. The fraction of sp³-hybridized carbons (Fsp3) is 0.222. The van der Waals surface area contributed by atoms with Crippen LogP contribution in [0.15, 0.2) is 18.2 Å². The lowest BCUT2D eigenvalue weighted by atomic mass is 10.3. The zero-order valence-corrected chi connectivity index (χ0v) is 10.3. The lowest BCUT2D eigenvalue weighted by Gasteiger charge is -2.16. The van der Waals surface area contributed by atoms with E-state index in [1.807, 2.05) is 24.1 Å². The number of aromatic nitrogens is 3. The summed E-state index contributed by atoms with van der Waals surface area (Å²) in [4.78, 5) is 1.83. The van der Waals surface area contributed by atoms with Gasteiger partial charge in [-0.1, -0.05) is 21.2 Å². The van der Waals surface area contributed by atoms with Crippen molar-refractivity contribution in [1.29, 1.82) is 0 Å². The molecule has 0 saturated heterocycles. The maximum absolute atomic E-state index is 6.13. The van der Waals surface area contributed by atoms with Gasteiger partial charge in [-0.3, -0.25) is 0 Å². The molecule has 1 aromatic heterocycles. The molecule has 7 heteroatoms. The van der Waals surface area contributed by atoms with E-state index in [9.17, 15) is 0 Å². The number of rotatable bonds is 3. The monoisotopic (exact) mass is 256 g/mol. The highest BCUT2D eigenvalue weighted by Crippen LogP contribution is 2.33. The lowest BCUT2D eigenvalue weighted by Crippen LogP contribution is -2.09. The number of hydrogen-bond donors (Lipinski definition) is 0. The van der Waals surface area contributed by atoms with E-state index < -0.39 is 0 Å². The molecule has 5 nitrogen and oxygen atoms in total. The van der Waals surface area contributed by atoms with Crippen molar-refractivity contribution in [3.63, 3.8) is 0 Å². The van der Waals surface area contributed by atoms with E-state index >= 15 is 0 Å². The van der Waals surface area contributed by atoms with Gasteiger partial charge in [-0.2, -0.15) is 0 Å². The van der Waals surface area contributed by atoms with E-state index in [4.69, 9.17) is 16.3 Å². The molecule has 0 aliphatic heterocycles. The van der Waals surface area contributed by atoms with Crippen LogP contribution >= 0.6 is 23.1 Å². The molecule has 0 radical (unpaired) electrons. The zero-order chi connectivity index (χ0) is 11.5. The molecule has 0 bridgehead atoms. The first-order chi connectivity index (χ1) is 7.72. The maximum atomic E-state index is 6.13. The summed E-state index contributed by atoms with van der Waals surface area (Å²) in [5.41, 5.74) is 0.834. The van der Waals surface area contributed by atoms with Crippen molar-refractivity contribution in [3.8, 4) is 5.75 Å². The van der Waals surface area contributed by atoms with Crippen LogP contribution in [0.4, 0.5) is 10.8 Å². The van der Waals surface area contributed by atoms with E-state index in [1.54, 1.807) is 13.2 Å². The van der Waals surface area contributed by atoms with Gasteiger partial charge in [0.15, 0.2) is 0 Å². The van der Waals surface area contributed by atoms with E-state index in [1.165, 1.54) is 11.5 Å². The van der Waals surface area contributed by atoms with E-state index in [0.717, 1.165) is 11.4 Å². The second-order valence-electron chi connectivity index (χ2n) is 3.02. The van der Waals surface area contributed by atoms with Crippen molar-refractivity contribution >= 4 is 34.0 Å². The molecule has 0 unspecified atom stereocenters. The molecule has 0 aliphatic carbocycles. The molecule has 1 aromatic carbocycles. The summed E-state index contributed by atoms with van der Waals surface area (Å²) in [7, 11) is 3.46. The Morgan fingerprint density at radius 1 is 1.44 bits per heavy atom. The lowest BCUT2D eigenvalue weighted by molar-refractivity contribution is 0.415. The van der Waals surface area contributed by atoms with Crippen molar-refractivity contribution in [2.75, 3.05) is 19.1 Å². The Bertz CT molecular complexity index is 476. The summed E-state index contributed by atoms with van der Waals surface area (Å²) in [5.74, 6) is 0.720. The molecule has 0 amide bonds. The molecule has 0 aliphatic rings. The minimum Gasteiger partial charge on any atom is -0.497 e. The van der Waals surface area contributed by atoms with Crippen LogP contribution in [0.5, 0.6) is 5.75 Å². The van der Waals surface area contributed by atoms with E-state index in [0.29, 0.717) is 10.2 Å². The summed E-state index contributed by atoms with van der Waals surface area (Å²) in [6, 6.07) is 5.45. The Morgan fingerprint density at radius 3 is 2.81 bits per heavy atom. The third-order valence-corrected chi connectivity index (χ3v) is 3.07. The fourth-order valence-corrected chi connectivity index (χ4v) is 1.98. The van der Waals surface area contributed by atoms with Crippen LogP contribution in [0.25, 0.3) is 0 Å². The zero-order valence-electron chi connectivity index (χ0n) is 8.72. The average molecular weight is 257 g/mol. The molecule has 0 atom stereocenters. The highest BCUT2D eigenvalue weighted by molar-refractivity contribution is 7.09. The quantitative estimate of drug-likeness (QED) is 0.844. The van der Waals surface area contributed by atoms with Gasteiger partial charge in [-0.25, -0.2) is 0 Å². The number of ether oxygens (including phenoxy) is 1. The molecule has 0 saturated carbocycles. The smallest absolute Gasteiger partial charge is 0.232 e. The van der Waals surface area contributed by atoms with Gasteiger partial charge in [0.05, 0.1) is 17.8 Å². The Balaban J connectivity index is 2.34. The second kappa shape index (κ2) is 4.63. The summed E-state index contributed by atoms with van der Waals surface area (Å²) in [6.07, 6.45) is 0. The average Bonchev–Trinajstić information content (AvgIpc) is 2.81. The normalized spacial score (nSPS) is 10.2. The molecule has 0 spiro atoms. The Morgan fingerprint density at radius 2 is 2.25 bits per heavy atom. The SMILES string of the molecule is COc1ccc(N(C)c2nnns2)c(Cl)c1. The Hall–Kier alpha value is -1.40. The highest BCUT2D eigenvalue weighted by atomic mass is 35.5. The first-order valence-corrected chi connectivity index (χ1v) is 5.60. The second-order valence-corrected chi connectivity index (χ2v) is 4.14. The topological polar surface area (TPSA) is 51.1 Å². The van der Waals surface area contributed by atoms with Crippen LogP contribution in [-0.2, 0) is 0 Å². The first-order valence-electron chi connectivity index (χ1n) is 4.44. The fourth-order valence-electron chi connectivity index (χ4n) is 1.25. The van der Waals surface area contributed by atoms with Crippen molar-refractivity contribution < 1.29 is 4.74 Å². The minimum atomic E-state index is 0.594. The van der Waals surface area contributed by atoms with Gasteiger partial charge in [-0.05, 0) is 17.3 Å². The third kappa shape index (κ3) is 2.07. The summed E-state index contributed by atoms with van der Waals surface area (Å²) in [6.45, 7) is 0. The molecule has 2 rings (SSSR count). The number of halogens is 1. The van der Waals surface area contributed by atoms with Gasteiger partial charge < -0.3 is 9.64 Å². The van der Waals surface area contributed by atoms with E-state index in [2.05, 4.69) is 14.8 Å². The van der Waals surface area contributed by atoms with Crippen LogP contribution in [0.1, 0.15) is 0 Å². The van der Waals surface area contributed by atoms with E-state index in [-0.39, 0.29) is 0 Å². The number of benzene rings is 1. The van der Waals surface area contributed by atoms with Crippen LogP contribution < -0.4 is 9.64 Å². The number of anilines is 2. The number of methoxy groups -OCH3 is 1. The summed E-state index contributed by atoms with van der Waals surface area (Å²) >= 11 is 7.34. The molecule has 84 valence electrons. The van der Waals surface area contributed by atoms with Crippen LogP contribution in [0.2, 0.25) is 5.02 Å². The Labute approximate surface area is 102 Å². The predicted molar refractivity (Wildman–Crippen MR) is 63.8 cm³/mol. The highest BCUT2D eigenvalue weighted by Gasteiger charge is 2.12. The van der Waals surface area contributed by atoms with Crippen LogP contribution in [0, 0.1) is 0 Å². The van der Waals surface area contributed by atoms with Crippen LogP contribution in [-0.4, -0.2) is 29.0 Å². The minimum absolute atomic E-state index is 0.594. The largest absolute Gasteiger partial charge is 0.497 e. The molecule has 16 heavy (non-hydrogen) atoms. The van der Waals surface area contributed by atoms with Crippen molar-refractivity contribution in [2.45, 2.75) is 0 Å². The number of nitrogens with zero attached hydrogens (tertiary/aromatic N) is 4. The molecular weight excluding hydrogens is 248 g/mol. The molecule has 2 aromatic rings. The molecular formula is C9H9ClN4OS. The molecule has 1 heterocycles. The van der Waals surface area contributed by atoms with Gasteiger partial charge >= 0.3 is 0 Å². The summed E-state index contributed by atoms with van der Waals surface area (Å²) in [5, 5.41) is 8.69. The van der Waals surface area contributed by atoms with Crippen LogP contribution in [0.3, 0.4) is 0 Å². The summed E-state index contributed by atoms with van der Waals surface area (Å²) < 4.78 is 8.78. The first kappa shape index (κ1) is 11.1. The van der Waals surface area contributed by atoms with Gasteiger partial charge in [-0.15, -0.1) is 0 Å². The molecule has 0 N–H and O–H groups in total. The predicted octanol–water partition coefficient (Wildman–Crippen LogP) is 2.36. The maximum Gasteiger partial charge on any atom is 0.232 e. The number of hydrogen-bond acceptors (Lipinski definition) is 6. The van der Waals surface area contributed by atoms with Gasteiger partial charge in [0.25, 0.3) is 0 Å². The molecule has 0 fully saturated rings. The van der Waals surface area contributed by atoms with Crippen molar-refractivity contribution in [2.24, 2.45) is 0 Å². The van der Waals surface area contributed by atoms with Gasteiger partial charge in [0.2, 0.25) is 5.13 Å². The standard InChI is InChI=1S/C9H9ClN4OS/c1-14(9-11-12-13-16-9)8-4-3-6(15-2)5-7(8)10/h3-5H,1-2H3. The third-order valence-electron chi connectivity index (χ3n) is 2.09. The van der Waals surface area contributed by atoms with Gasteiger partial charge in [0, 0.05) is 24.6 Å². The van der Waals surface area contributed by atoms with Crippen molar-refractivity contribution in [1.82, 2.24) is 14.8 Å².